The van der Waals surface area contributed by atoms with E-state index in [4.69, 9.17) is 5.73 Å². The highest BCUT2D eigenvalue weighted by atomic mass is 79.9. The summed E-state index contributed by atoms with van der Waals surface area (Å²) in [4.78, 5) is 1.74. The van der Waals surface area contributed by atoms with Crippen LogP contribution >= 0.6 is 32.9 Å². The monoisotopic (exact) mass is 215 g/mol. The molecule has 38 valence electrons. The van der Waals surface area contributed by atoms with Crippen LogP contribution in [0, 0.1) is 0 Å². The van der Waals surface area contributed by atoms with Crippen LogP contribution in [0.4, 0.5) is 0 Å². The van der Waals surface area contributed by atoms with Gasteiger partial charge in [-0.3, -0.25) is 0 Å². The van der Waals surface area contributed by atoms with Crippen molar-refractivity contribution in [2.24, 2.45) is 5.73 Å². The van der Waals surface area contributed by atoms with Crippen LogP contribution in [0.25, 0.3) is 0 Å². The van der Waals surface area contributed by atoms with Gasteiger partial charge >= 0.3 is 0 Å². The second-order valence-electron chi connectivity index (χ2n) is 0.597. The highest BCUT2D eigenvalue weighted by Crippen LogP contribution is 1.76. The molecule has 0 unspecified atom stereocenters. The average molecular weight is 217 g/mol. The summed E-state index contributed by atoms with van der Waals surface area (Å²) in [5.41, 5.74) is 5.02. The summed E-state index contributed by atoms with van der Waals surface area (Å²) < 4.78 is 0. The average Bonchev–Trinajstić information content (AvgIpc) is 1.41. The van der Waals surface area contributed by atoms with E-state index in [0.717, 1.165) is 0 Å². The summed E-state index contributed by atoms with van der Waals surface area (Å²) in [5, 5.41) is 0. The van der Waals surface area contributed by atoms with E-state index in [1.54, 1.807) is 4.99 Å². The van der Waals surface area contributed by atoms with E-state index < -0.39 is 0 Å². The van der Waals surface area contributed by atoms with E-state index in [-0.39, 0.29) is 17.0 Å². The summed E-state index contributed by atoms with van der Waals surface area (Å²) in [6.07, 6.45) is 1.82. The van der Waals surface area contributed by atoms with Gasteiger partial charge < -0.3 is 5.73 Å². The Balaban J connectivity index is 0. The molecule has 0 bridgehead atoms. The molecule has 1 nitrogen and oxygen atoms in total. The molecule has 0 spiro atoms. The van der Waals surface area contributed by atoms with Crippen LogP contribution in [-0.4, -0.2) is 6.54 Å². The topological polar surface area (TPSA) is 26.0 Å². The third-order valence-corrected chi connectivity index (χ3v) is 0.599. The van der Waals surface area contributed by atoms with Crippen LogP contribution in [0.5, 0.6) is 0 Å². The van der Waals surface area contributed by atoms with Gasteiger partial charge in [-0.25, -0.2) is 0 Å². The number of rotatable bonds is 1. The van der Waals surface area contributed by atoms with Crippen molar-refractivity contribution in [1.29, 1.82) is 0 Å². The van der Waals surface area contributed by atoms with Gasteiger partial charge in [0.1, 0.15) is 0 Å². The Morgan fingerprint density at radius 2 is 2.17 bits per heavy atom. The van der Waals surface area contributed by atoms with Crippen molar-refractivity contribution in [2.75, 3.05) is 6.54 Å². The fourth-order valence-electron chi connectivity index (χ4n) is 0.0514. The Labute approximate surface area is 56.5 Å². The van der Waals surface area contributed by atoms with E-state index in [1.807, 2.05) is 6.08 Å². The summed E-state index contributed by atoms with van der Waals surface area (Å²) in [5.74, 6) is 0. The van der Waals surface area contributed by atoms with Gasteiger partial charge in [-0.2, -0.15) is 0 Å². The van der Waals surface area contributed by atoms with Crippen LogP contribution in [0.15, 0.2) is 11.1 Å². The molecule has 6 heavy (non-hydrogen) atoms. The molecule has 0 radical (unpaired) electrons. The molecule has 2 N–H and O–H groups in total. The highest BCUT2D eigenvalue weighted by molar-refractivity contribution is 9.11. The lowest BCUT2D eigenvalue weighted by Crippen LogP contribution is -1.90. The van der Waals surface area contributed by atoms with Crippen LogP contribution in [0.2, 0.25) is 0 Å². The first-order valence-corrected chi connectivity index (χ1v) is 2.28. The van der Waals surface area contributed by atoms with Crippen molar-refractivity contribution >= 4 is 32.9 Å². The van der Waals surface area contributed by atoms with Crippen molar-refractivity contribution in [1.82, 2.24) is 0 Å². The quantitative estimate of drug-likeness (QED) is 0.706. The van der Waals surface area contributed by atoms with E-state index >= 15 is 0 Å². The van der Waals surface area contributed by atoms with Crippen LogP contribution in [0.1, 0.15) is 0 Å². The van der Waals surface area contributed by atoms with Crippen molar-refractivity contribution in [2.45, 2.75) is 0 Å². The molecule has 0 aromatic rings. The lowest BCUT2D eigenvalue weighted by atomic mass is 10.7. The zero-order valence-corrected chi connectivity index (χ0v) is 6.52. The highest BCUT2D eigenvalue weighted by Gasteiger charge is 1.52. The van der Waals surface area contributed by atoms with Gasteiger partial charge in [0.2, 0.25) is 0 Å². The SMILES string of the molecule is Br.NCC=CBr. The lowest BCUT2D eigenvalue weighted by molar-refractivity contribution is 1.26. The Morgan fingerprint density at radius 1 is 1.67 bits per heavy atom. The smallest absolute Gasteiger partial charge is 0.0115 e. The summed E-state index contributed by atoms with van der Waals surface area (Å²) >= 11 is 3.05. The van der Waals surface area contributed by atoms with Gasteiger partial charge in [0.15, 0.2) is 0 Å². The molecular formula is C3H7Br2N. The normalized spacial score (nSPS) is 8.33. The maximum absolute atomic E-state index is 5.02. The summed E-state index contributed by atoms with van der Waals surface area (Å²) in [6, 6.07) is 0. The van der Waals surface area contributed by atoms with Crippen LogP contribution in [0.3, 0.4) is 0 Å². The zero-order chi connectivity index (χ0) is 4.12. The molecule has 3 heteroatoms. The zero-order valence-electron chi connectivity index (χ0n) is 3.23. The molecule has 0 saturated heterocycles. The first kappa shape index (κ1) is 9.83. The maximum Gasteiger partial charge on any atom is 0.0115 e. The largest absolute Gasteiger partial charge is 0.327 e. The molecule has 0 aliphatic heterocycles. The molecule has 0 aromatic carbocycles. The molecule has 0 rings (SSSR count). The Kier molecular flexibility index (Phi) is 15.0. The van der Waals surface area contributed by atoms with Gasteiger partial charge in [-0.05, 0) is 4.99 Å². The van der Waals surface area contributed by atoms with E-state index in [2.05, 4.69) is 15.9 Å². The molecular weight excluding hydrogens is 210 g/mol. The first-order chi connectivity index (χ1) is 2.41. The Morgan fingerprint density at radius 3 is 2.17 bits per heavy atom. The minimum atomic E-state index is 0. The van der Waals surface area contributed by atoms with Crippen LogP contribution < -0.4 is 5.73 Å². The fourth-order valence-corrected chi connectivity index (χ4v) is 0.267. The van der Waals surface area contributed by atoms with Crippen molar-refractivity contribution in [3.05, 3.63) is 11.1 Å². The predicted molar refractivity (Wildman–Crippen MR) is 37.4 cm³/mol. The van der Waals surface area contributed by atoms with Crippen molar-refractivity contribution < 1.29 is 0 Å². The molecule has 0 heterocycles. The first-order valence-electron chi connectivity index (χ1n) is 1.37. The second-order valence-corrected chi connectivity index (χ2v) is 1.13. The van der Waals surface area contributed by atoms with Crippen LogP contribution in [-0.2, 0) is 0 Å². The van der Waals surface area contributed by atoms with Gasteiger partial charge in [-0.15, -0.1) is 17.0 Å². The Hall–Kier alpha value is 0.660. The molecule has 0 aliphatic carbocycles. The minimum absolute atomic E-state index is 0. The number of hydrogen-bond donors (Lipinski definition) is 1. The number of halogens is 2. The van der Waals surface area contributed by atoms with Crippen molar-refractivity contribution in [3.8, 4) is 0 Å². The third kappa shape index (κ3) is 8.82. The molecule has 0 atom stereocenters. The standard InChI is InChI=1S/C3H6BrN.BrH/c4-2-1-3-5;/h1-2H,3,5H2;1H. The second kappa shape index (κ2) is 9.18. The molecule has 0 aliphatic rings. The summed E-state index contributed by atoms with van der Waals surface area (Å²) in [7, 11) is 0. The summed E-state index contributed by atoms with van der Waals surface area (Å²) in [6.45, 7) is 0.616. The van der Waals surface area contributed by atoms with E-state index in [0.29, 0.717) is 6.54 Å². The van der Waals surface area contributed by atoms with Gasteiger partial charge in [0.05, 0.1) is 0 Å². The lowest BCUT2D eigenvalue weighted by Gasteiger charge is -1.65. The van der Waals surface area contributed by atoms with E-state index in [1.165, 1.54) is 0 Å². The van der Waals surface area contributed by atoms with Gasteiger partial charge in [0.25, 0.3) is 0 Å². The number of nitrogens with two attached hydrogens (primary N) is 1. The predicted octanol–water partition coefficient (Wildman–Crippen LogP) is 1.43. The third-order valence-electron chi connectivity index (χ3n) is 0.225. The fraction of sp³-hybridized carbons (Fsp3) is 0.333. The number of hydrogen-bond acceptors (Lipinski definition) is 1. The molecule has 0 amide bonds. The van der Waals surface area contributed by atoms with Gasteiger partial charge in [0, 0.05) is 6.54 Å². The van der Waals surface area contributed by atoms with Gasteiger partial charge in [-0.1, -0.05) is 22.0 Å². The molecule has 0 fully saturated rings. The molecule has 0 aromatic heterocycles. The molecule has 0 saturated carbocycles. The maximum atomic E-state index is 5.02. The Bertz CT molecular complexity index is 35.8. The van der Waals surface area contributed by atoms with E-state index in [9.17, 15) is 0 Å². The van der Waals surface area contributed by atoms with Crippen molar-refractivity contribution in [3.63, 3.8) is 0 Å². The minimum Gasteiger partial charge on any atom is -0.327 e.